The van der Waals surface area contributed by atoms with Crippen molar-refractivity contribution in [2.24, 2.45) is 0 Å². The van der Waals surface area contributed by atoms with Crippen molar-refractivity contribution in [3.05, 3.63) is 65.7 Å². The number of carbonyl (C=O) groups excluding carboxylic acids is 1. The van der Waals surface area contributed by atoms with Gasteiger partial charge in [-0.05, 0) is 56.2 Å². The number of para-hydroxylation sites is 1. The molecular formula is C22H26N2O3. The van der Waals surface area contributed by atoms with E-state index in [0.29, 0.717) is 23.7 Å². The van der Waals surface area contributed by atoms with E-state index in [0.717, 1.165) is 16.8 Å². The van der Waals surface area contributed by atoms with Gasteiger partial charge in [-0.1, -0.05) is 24.8 Å². The Hall–Kier alpha value is -2.95. The van der Waals surface area contributed by atoms with E-state index in [2.05, 4.69) is 11.9 Å². The summed E-state index contributed by atoms with van der Waals surface area (Å²) in [7, 11) is 1.61. The second-order valence-corrected chi connectivity index (χ2v) is 7.05. The molecule has 0 bridgehead atoms. The fourth-order valence-corrected chi connectivity index (χ4v) is 3.22. The number of methoxy groups -OCH3 is 1. The molecule has 0 saturated heterocycles. The Kier molecular flexibility index (Phi) is 5.40. The van der Waals surface area contributed by atoms with Crippen LogP contribution in [0.1, 0.15) is 42.9 Å². The van der Waals surface area contributed by atoms with Gasteiger partial charge in [0.2, 0.25) is 0 Å². The second-order valence-electron chi connectivity index (χ2n) is 7.05. The quantitative estimate of drug-likeness (QED) is 0.758. The Morgan fingerprint density at radius 3 is 2.63 bits per heavy atom. The topological polar surface area (TPSA) is 50.8 Å². The first-order valence-electron chi connectivity index (χ1n) is 9.05. The maximum absolute atomic E-state index is 13.1. The van der Waals surface area contributed by atoms with E-state index >= 15 is 0 Å². The van der Waals surface area contributed by atoms with Gasteiger partial charge in [-0.25, -0.2) is 0 Å². The molecule has 0 spiro atoms. The van der Waals surface area contributed by atoms with Gasteiger partial charge in [0.1, 0.15) is 12.8 Å². The molecule has 1 aliphatic rings. The molecule has 5 heteroatoms. The molecule has 1 amide bonds. The number of carbonyl (C=O) groups is 1. The van der Waals surface area contributed by atoms with Gasteiger partial charge in [-0.15, -0.1) is 0 Å². The van der Waals surface area contributed by atoms with Crippen molar-refractivity contribution in [3.8, 4) is 11.5 Å². The van der Waals surface area contributed by atoms with Crippen LogP contribution in [0.2, 0.25) is 0 Å². The van der Waals surface area contributed by atoms with E-state index in [9.17, 15) is 4.79 Å². The molecule has 0 aromatic heterocycles. The van der Waals surface area contributed by atoms with E-state index in [1.807, 2.05) is 68.1 Å². The predicted octanol–water partition coefficient (Wildman–Crippen LogP) is 4.63. The molecular weight excluding hydrogens is 340 g/mol. The standard InChI is InChI=1S/C22H26N2O3/c1-14(2)13-27-19-11-10-16(12-20(19)26-5)21-23-18-9-7-6-8-17(18)22(25)24(21)15(3)4/h6-12,15,21,23H,1,13H2,2-5H3. The largest absolute Gasteiger partial charge is 0.493 e. The summed E-state index contributed by atoms with van der Waals surface area (Å²) in [4.78, 5) is 14.9. The Labute approximate surface area is 160 Å². The third kappa shape index (κ3) is 3.77. The lowest BCUT2D eigenvalue weighted by Gasteiger charge is -2.40. The van der Waals surface area contributed by atoms with Crippen LogP contribution < -0.4 is 14.8 Å². The average molecular weight is 366 g/mol. The van der Waals surface area contributed by atoms with Crippen molar-refractivity contribution in [2.45, 2.75) is 33.0 Å². The first-order chi connectivity index (χ1) is 12.9. The van der Waals surface area contributed by atoms with Crippen LogP contribution in [0.25, 0.3) is 0 Å². The van der Waals surface area contributed by atoms with Gasteiger partial charge < -0.3 is 19.7 Å². The minimum absolute atomic E-state index is 0.0194. The van der Waals surface area contributed by atoms with E-state index in [1.54, 1.807) is 7.11 Å². The van der Waals surface area contributed by atoms with Crippen LogP contribution in [0.15, 0.2) is 54.6 Å². The molecule has 1 heterocycles. The zero-order valence-electron chi connectivity index (χ0n) is 16.3. The number of fused-ring (bicyclic) bond motifs is 1. The zero-order chi connectivity index (χ0) is 19.6. The lowest BCUT2D eigenvalue weighted by molar-refractivity contribution is 0.0616. The monoisotopic (exact) mass is 366 g/mol. The van der Waals surface area contributed by atoms with Crippen LogP contribution >= 0.6 is 0 Å². The van der Waals surface area contributed by atoms with Crippen molar-refractivity contribution in [3.63, 3.8) is 0 Å². The third-order valence-corrected chi connectivity index (χ3v) is 4.50. The SMILES string of the molecule is C=C(C)COc1ccc(C2Nc3ccccc3C(=O)N2C(C)C)cc1OC. The molecule has 5 nitrogen and oxygen atoms in total. The van der Waals surface area contributed by atoms with Crippen molar-refractivity contribution in [1.29, 1.82) is 0 Å². The van der Waals surface area contributed by atoms with E-state index in [4.69, 9.17) is 9.47 Å². The highest BCUT2D eigenvalue weighted by molar-refractivity contribution is 6.01. The van der Waals surface area contributed by atoms with E-state index < -0.39 is 0 Å². The van der Waals surface area contributed by atoms with Gasteiger partial charge in [0.25, 0.3) is 5.91 Å². The maximum Gasteiger partial charge on any atom is 0.258 e. The molecule has 1 aliphatic heterocycles. The molecule has 27 heavy (non-hydrogen) atoms. The Morgan fingerprint density at radius 2 is 1.96 bits per heavy atom. The fraction of sp³-hybridized carbons (Fsp3) is 0.318. The first kappa shape index (κ1) is 18.8. The molecule has 0 radical (unpaired) electrons. The molecule has 1 atom stereocenters. The molecule has 2 aromatic carbocycles. The van der Waals surface area contributed by atoms with Crippen molar-refractivity contribution < 1.29 is 14.3 Å². The van der Waals surface area contributed by atoms with Crippen LogP contribution in [0.3, 0.4) is 0 Å². The minimum Gasteiger partial charge on any atom is -0.493 e. The highest BCUT2D eigenvalue weighted by Crippen LogP contribution is 2.37. The van der Waals surface area contributed by atoms with Gasteiger partial charge >= 0.3 is 0 Å². The van der Waals surface area contributed by atoms with Crippen molar-refractivity contribution >= 4 is 11.6 Å². The van der Waals surface area contributed by atoms with Gasteiger partial charge in [-0.2, -0.15) is 0 Å². The van der Waals surface area contributed by atoms with Crippen LogP contribution in [0, 0.1) is 0 Å². The van der Waals surface area contributed by atoms with E-state index in [-0.39, 0.29) is 18.1 Å². The summed E-state index contributed by atoms with van der Waals surface area (Å²) in [5.41, 5.74) is 3.40. The number of anilines is 1. The molecule has 1 N–H and O–H groups in total. The average Bonchev–Trinajstić information content (AvgIpc) is 2.65. The van der Waals surface area contributed by atoms with Crippen LogP contribution in [0.4, 0.5) is 5.69 Å². The van der Waals surface area contributed by atoms with Gasteiger partial charge in [0.15, 0.2) is 11.5 Å². The predicted molar refractivity (Wildman–Crippen MR) is 107 cm³/mol. The highest BCUT2D eigenvalue weighted by atomic mass is 16.5. The molecule has 142 valence electrons. The van der Waals surface area contributed by atoms with E-state index in [1.165, 1.54) is 0 Å². The summed E-state index contributed by atoms with van der Waals surface area (Å²) in [6, 6.07) is 13.4. The second kappa shape index (κ2) is 7.74. The molecule has 2 aromatic rings. The zero-order valence-corrected chi connectivity index (χ0v) is 16.3. The fourth-order valence-electron chi connectivity index (χ4n) is 3.22. The van der Waals surface area contributed by atoms with Crippen molar-refractivity contribution in [2.75, 3.05) is 19.0 Å². The number of hydrogen-bond donors (Lipinski definition) is 1. The van der Waals surface area contributed by atoms with Crippen LogP contribution in [0.5, 0.6) is 11.5 Å². The summed E-state index contributed by atoms with van der Waals surface area (Å²) in [6.45, 7) is 10.2. The molecule has 0 saturated carbocycles. The number of amides is 1. The minimum atomic E-state index is -0.281. The summed E-state index contributed by atoms with van der Waals surface area (Å²) in [5, 5.41) is 3.49. The first-order valence-corrected chi connectivity index (χ1v) is 9.05. The van der Waals surface area contributed by atoms with Gasteiger partial charge in [0.05, 0.1) is 12.7 Å². The molecule has 1 unspecified atom stereocenters. The summed E-state index contributed by atoms with van der Waals surface area (Å²) >= 11 is 0. The van der Waals surface area contributed by atoms with Crippen molar-refractivity contribution in [1.82, 2.24) is 4.90 Å². The number of nitrogens with zero attached hydrogens (tertiary/aromatic N) is 1. The number of nitrogens with one attached hydrogen (secondary N) is 1. The number of ether oxygens (including phenoxy) is 2. The maximum atomic E-state index is 13.1. The normalized spacial score (nSPS) is 16.0. The smallest absolute Gasteiger partial charge is 0.258 e. The molecule has 0 aliphatic carbocycles. The van der Waals surface area contributed by atoms with Crippen LogP contribution in [-0.4, -0.2) is 30.6 Å². The molecule has 0 fully saturated rings. The summed E-state index contributed by atoms with van der Waals surface area (Å²) in [5.74, 6) is 1.30. The summed E-state index contributed by atoms with van der Waals surface area (Å²) in [6.07, 6.45) is -0.281. The lowest BCUT2D eigenvalue weighted by atomic mass is 10.0. The Balaban J connectivity index is 1.98. The number of rotatable bonds is 6. The Morgan fingerprint density at radius 1 is 1.22 bits per heavy atom. The Bertz CT molecular complexity index is 860. The number of benzene rings is 2. The number of hydrogen-bond acceptors (Lipinski definition) is 4. The van der Waals surface area contributed by atoms with Gasteiger partial charge in [0, 0.05) is 11.7 Å². The molecule has 3 rings (SSSR count). The van der Waals surface area contributed by atoms with Gasteiger partial charge in [-0.3, -0.25) is 4.79 Å². The summed E-state index contributed by atoms with van der Waals surface area (Å²) < 4.78 is 11.3. The van der Waals surface area contributed by atoms with Crippen LogP contribution in [-0.2, 0) is 0 Å². The third-order valence-electron chi connectivity index (χ3n) is 4.50. The highest BCUT2D eigenvalue weighted by Gasteiger charge is 2.34. The lowest BCUT2D eigenvalue weighted by Crippen LogP contribution is -2.46.